The third-order valence-electron chi connectivity index (χ3n) is 4.06. The Kier molecular flexibility index (Phi) is 6.10. The van der Waals surface area contributed by atoms with Crippen molar-refractivity contribution >= 4 is 17.7 Å². The number of carbonyl (C=O) groups is 1. The van der Waals surface area contributed by atoms with Gasteiger partial charge in [-0.05, 0) is 30.5 Å². The van der Waals surface area contributed by atoms with Crippen molar-refractivity contribution in [1.82, 2.24) is 14.5 Å². The maximum Gasteiger partial charge on any atom is 0.387 e. The van der Waals surface area contributed by atoms with Gasteiger partial charge in [-0.2, -0.15) is 13.8 Å². The molecule has 0 atom stereocenters. The number of thioether (sulfide) groups is 1. The summed E-state index contributed by atoms with van der Waals surface area (Å²) < 4.78 is 30.6. The van der Waals surface area contributed by atoms with Crippen LogP contribution in [0.25, 0.3) is 0 Å². The molecule has 1 aromatic heterocycles. The Labute approximate surface area is 159 Å². The molecule has 0 bridgehead atoms. The molecule has 0 saturated heterocycles. The van der Waals surface area contributed by atoms with Crippen LogP contribution in [-0.4, -0.2) is 39.8 Å². The van der Waals surface area contributed by atoms with E-state index in [4.69, 9.17) is 0 Å². The highest BCUT2D eigenvalue weighted by atomic mass is 32.2. The minimum absolute atomic E-state index is 0.0754. The quantitative estimate of drug-likeness (QED) is 0.508. The number of rotatable bonds is 8. The van der Waals surface area contributed by atoms with Gasteiger partial charge in [-0.25, -0.2) is 0 Å². The molecule has 3 rings (SSSR count). The number of nitrogens with zero attached hydrogens (tertiary/aromatic N) is 3. The highest BCUT2D eigenvalue weighted by Gasteiger charge is 2.25. The van der Waals surface area contributed by atoms with Crippen LogP contribution in [0.3, 0.4) is 0 Å². The van der Waals surface area contributed by atoms with Crippen LogP contribution >= 0.6 is 11.8 Å². The van der Waals surface area contributed by atoms with Crippen LogP contribution in [0.2, 0.25) is 0 Å². The van der Waals surface area contributed by atoms with E-state index in [0.717, 1.165) is 18.4 Å². The number of ether oxygens (including phenoxy) is 1. The molecule has 9 heteroatoms. The maximum absolute atomic E-state index is 12.4. The van der Waals surface area contributed by atoms with Crippen LogP contribution in [0, 0.1) is 0 Å². The fourth-order valence-electron chi connectivity index (χ4n) is 2.51. The van der Waals surface area contributed by atoms with Gasteiger partial charge in [0.2, 0.25) is 5.91 Å². The molecule has 1 aromatic carbocycles. The van der Waals surface area contributed by atoms with Crippen LogP contribution in [0.15, 0.2) is 46.5 Å². The summed E-state index contributed by atoms with van der Waals surface area (Å²) in [4.78, 5) is 29.4. The summed E-state index contributed by atoms with van der Waals surface area (Å²) >= 11 is 1.24. The van der Waals surface area contributed by atoms with E-state index in [1.807, 2.05) is 4.57 Å². The van der Waals surface area contributed by atoms with Gasteiger partial charge in [0.05, 0.1) is 5.75 Å². The lowest BCUT2D eigenvalue weighted by molar-refractivity contribution is -0.127. The number of benzene rings is 1. The SMILES string of the molecule is CN(Cc1ccc(OC(F)F)cc1)C(=O)CSc1nc(=O)ccn1C1CC1. The topological polar surface area (TPSA) is 64.4 Å². The number of hydrogen-bond acceptors (Lipinski definition) is 5. The Morgan fingerprint density at radius 3 is 2.67 bits per heavy atom. The van der Waals surface area contributed by atoms with Gasteiger partial charge in [0.15, 0.2) is 5.16 Å². The molecule has 0 N–H and O–H groups in total. The first kappa shape index (κ1) is 19.3. The van der Waals surface area contributed by atoms with Gasteiger partial charge in [-0.3, -0.25) is 9.59 Å². The average Bonchev–Trinajstić information content (AvgIpc) is 3.46. The number of alkyl halides is 2. The van der Waals surface area contributed by atoms with E-state index in [1.165, 1.54) is 30.0 Å². The van der Waals surface area contributed by atoms with Gasteiger partial charge in [0.1, 0.15) is 5.75 Å². The second-order valence-electron chi connectivity index (χ2n) is 6.25. The molecule has 0 aliphatic heterocycles. The summed E-state index contributed by atoms with van der Waals surface area (Å²) in [5.41, 5.74) is 0.478. The van der Waals surface area contributed by atoms with Crippen LogP contribution in [0.5, 0.6) is 5.75 Å². The molecule has 1 heterocycles. The lowest BCUT2D eigenvalue weighted by atomic mass is 10.2. The van der Waals surface area contributed by atoms with Crippen molar-refractivity contribution in [2.75, 3.05) is 12.8 Å². The Morgan fingerprint density at radius 2 is 2.04 bits per heavy atom. The molecule has 1 aliphatic carbocycles. The standard InChI is InChI=1S/C18H19F2N3O3S/c1-22(10-12-2-6-14(7-3-12)26-17(19)20)16(25)11-27-18-21-15(24)8-9-23(18)13-4-5-13/h2-3,6-9,13,17H,4-5,10-11H2,1H3. The fourth-order valence-corrected chi connectivity index (χ4v) is 3.50. The summed E-state index contributed by atoms with van der Waals surface area (Å²) in [5, 5.41) is 0.556. The molecule has 2 aromatic rings. The minimum atomic E-state index is -2.86. The van der Waals surface area contributed by atoms with Gasteiger partial charge in [0.25, 0.3) is 5.56 Å². The summed E-state index contributed by atoms with van der Waals surface area (Å²) in [6.45, 7) is -2.52. The van der Waals surface area contributed by atoms with Crippen LogP contribution in [0.1, 0.15) is 24.4 Å². The smallest absolute Gasteiger partial charge is 0.387 e. The predicted molar refractivity (Wildman–Crippen MR) is 97.0 cm³/mol. The van der Waals surface area contributed by atoms with Gasteiger partial charge in [-0.15, -0.1) is 0 Å². The Morgan fingerprint density at radius 1 is 1.33 bits per heavy atom. The molecule has 1 fully saturated rings. The molecule has 6 nitrogen and oxygen atoms in total. The van der Waals surface area contributed by atoms with Crippen LogP contribution < -0.4 is 10.3 Å². The first-order valence-corrected chi connectivity index (χ1v) is 9.40. The Balaban J connectivity index is 1.55. The lowest BCUT2D eigenvalue weighted by Gasteiger charge is -2.18. The van der Waals surface area contributed by atoms with E-state index in [1.54, 1.807) is 30.3 Å². The van der Waals surface area contributed by atoms with E-state index >= 15 is 0 Å². The molecule has 144 valence electrons. The Bertz CT molecular complexity index is 854. The van der Waals surface area contributed by atoms with Gasteiger partial charge >= 0.3 is 6.61 Å². The number of aromatic nitrogens is 2. The summed E-state index contributed by atoms with van der Waals surface area (Å²) in [6.07, 6.45) is 3.83. The van der Waals surface area contributed by atoms with Crippen molar-refractivity contribution in [3.63, 3.8) is 0 Å². The molecule has 0 radical (unpaired) electrons. The van der Waals surface area contributed by atoms with Crippen molar-refractivity contribution in [2.45, 2.75) is 37.2 Å². The first-order chi connectivity index (χ1) is 12.9. The molecule has 1 amide bonds. The number of hydrogen-bond donors (Lipinski definition) is 0. The molecular weight excluding hydrogens is 376 g/mol. The zero-order valence-corrected chi connectivity index (χ0v) is 15.5. The van der Waals surface area contributed by atoms with E-state index in [9.17, 15) is 18.4 Å². The molecule has 1 saturated carbocycles. The first-order valence-electron chi connectivity index (χ1n) is 8.42. The fraction of sp³-hybridized carbons (Fsp3) is 0.389. The minimum Gasteiger partial charge on any atom is -0.435 e. The van der Waals surface area contributed by atoms with E-state index < -0.39 is 6.61 Å². The zero-order valence-electron chi connectivity index (χ0n) is 14.7. The summed E-state index contributed by atoms with van der Waals surface area (Å²) in [5.74, 6) is 0.117. The van der Waals surface area contributed by atoms with Crippen LogP contribution in [-0.2, 0) is 11.3 Å². The molecular formula is C18H19F2N3O3S. The summed E-state index contributed by atoms with van der Waals surface area (Å²) in [7, 11) is 1.67. The zero-order chi connectivity index (χ0) is 19.4. The van der Waals surface area contributed by atoms with Gasteiger partial charge in [-0.1, -0.05) is 23.9 Å². The number of halogens is 2. The van der Waals surface area contributed by atoms with Crippen LogP contribution in [0.4, 0.5) is 8.78 Å². The maximum atomic E-state index is 12.4. The highest BCUT2D eigenvalue weighted by Crippen LogP contribution is 2.37. The average molecular weight is 395 g/mol. The van der Waals surface area contributed by atoms with Gasteiger partial charge < -0.3 is 14.2 Å². The molecule has 27 heavy (non-hydrogen) atoms. The normalized spacial score (nSPS) is 13.6. The highest BCUT2D eigenvalue weighted by molar-refractivity contribution is 7.99. The van der Waals surface area contributed by atoms with Crippen molar-refractivity contribution < 1.29 is 18.3 Å². The molecule has 0 spiro atoms. The van der Waals surface area contributed by atoms with Gasteiger partial charge in [0, 0.05) is 31.9 Å². The van der Waals surface area contributed by atoms with E-state index in [2.05, 4.69) is 9.72 Å². The second kappa shape index (κ2) is 8.51. The number of carbonyl (C=O) groups excluding carboxylic acids is 1. The van der Waals surface area contributed by atoms with Crippen molar-refractivity contribution in [3.05, 3.63) is 52.4 Å². The van der Waals surface area contributed by atoms with Crippen molar-refractivity contribution in [1.29, 1.82) is 0 Å². The van der Waals surface area contributed by atoms with Crippen molar-refractivity contribution in [2.24, 2.45) is 0 Å². The third kappa shape index (κ3) is 5.53. The lowest BCUT2D eigenvalue weighted by Crippen LogP contribution is -2.28. The van der Waals surface area contributed by atoms with E-state index in [-0.39, 0.29) is 23.0 Å². The summed E-state index contributed by atoms with van der Waals surface area (Å²) in [6, 6.07) is 7.95. The predicted octanol–water partition coefficient (Wildman–Crippen LogP) is 2.93. The number of amides is 1. The molecule has 0 unspecified atom stereocenters. The third-order valence-corrected chi connectivity index (χ3v) is 5.02. The second-order valence-corrected chi connectivity index (χ2v) is 7.19. The largest absolute Gasteiger partial charge is 0.435 e. The van der Waals surface area contributed by atoms with E-state index in [0.29, 0.717) is 17.7 Å². The molecule has 1 aliphatic rings. The Hall–Kier alpha value is -2.42. The van der Waals surface area contributed by atoms with Crippen molar-refractivity contribution in [3.8, 4) is 5.75 Å². The monoisotopic (exact) mass is 395 g/mol.